The van der Waals surface area contributed by atoms with Gasteiger partial charge in [-0.1, -0.05) is 66.2 Å². The number of esters is 2. The van der Waals surface area contributed by atoms with Gasteiger partial charge in [-0.3, -0.25) is 4.79 Å². The fraction of sp³-hybridized carbons (Fsp3) is 0.289. The predicted molar refractivity (Wildman–Crippen MR) is 178 cm³/mol. The van der Waals surface area contributed by atoms with Crippen molar-refractivity contribution in [2.24, 2.45) is 0 Å². The highest BCUT2D eigenvalue weighted by Crippen LogP contribution is 2.35. The number of carbonyl (C=O) groups excluding carboxylic acids is 3. The second kappa shape index (κ2) is 13.8. The van der Waals surface area contributed by atoms with Crippen LogP contribution in [0.3, 0.4) is 0 Å². The van der Waals surface area contributed by atoms with Crippen molar-refractivity contribution in [3.05, 3.63) is 124 Å². The molecular formula is C38H38ClNO6. The van der Waals surface area contributed by atoms with Gasteiger partial charge in [-0.05, 0) is 97.5 Å². The molecule has 0 saturated heterocycles. The van der Waals surface area contributed by atoms with Gasteiger partial charge in [-0.15, -0.1) is 0 Å². The zero-order chi connectivity index (χ0) is 32.9. The van der Waals surface area contributed by atoms with Gasteiger partial charge >= 0.3 is 11.9 Å². The van der Waals surface area contributed by atoms with Crippen LogP contribution in [0, 0.1) is 0 Å². The minimum atomic E-state index is -1.18. The Kier molecular flexibility index (Phi) is 9.82. The fourth-order valence-electron chi connectivity index (χ4n) is 5.54. The summed E-state index contributed by atoms with van der Waals surface area (Å²) >= 11 is 6.06. The number of ether oxygens (including phenoxy) is 3. The van der Waals surface area contributed by atoms with Crippen molar-refractivity contribution in [2.45, 2.75) is 64.7 Å². The molecule has 1 N–H and O–H groups in total. The lowest BCUT2D eigenvalue weighted by Gasteiger charge is -2.28. The first-order valence-electron chi connectivity index (χ1n) is 15.3. The number of nitrogens with one attached hydrogen (secondary N) is 1. The molecule has 46 heavy (non-hydrogen) atoms. The van der Waals surface area contributed by atoms with Gasteiger partial charge < -0.3 is 19.5 Å². The van der Waals surface area contributed by atoms with E-state index in [-0.39, 0.29) is 31.5 Å². The standard InChI is InChI=1S/C38H38ClNO6/c1-5-44-36(43)38(22-30-12-11-28(21-31(30)23-38)27-13-15-32(39)16-14-27)40-34(41)20-25-9-17-33(18-10-25)45-24-26-7-6-8-29(19-26)35(42)46-37(2,3)4/h6-19,21H,5,20,22-24H2,1-4H3,(H,40,41). The zero-order valence-corrected chi connectivity index (χ0v) is 27.3. The topological polar surface area (TPSA) is 90.9 Å². The molecule has 1 aliphatic carbocycles. The molecule has 4 aromatic carbocycles. The Bertz CT molecular complexity index is 1730. The number of carbonyl (C=O) groups is 3. The Balaban J connectivity index is 1.21. The molecule has 0 radical (unpaired) electrons. The van der Waals surface area contributed by atoms with Crippen molar-refractivity contribution in [3.8, 4) is 16.9 Å². The SMILES string of the molecule is CCOC(=O)C1(NC(=O)Cc2ccc(OCc3cccc(C(=O)OC(C)(C)C)c3)cc2)Cc2ccc(-c3ccc(Cl)cc3)cc2C1. The van der Waals surface area contributed by atoms with Gasteiger partial charge in [0.05, 0.1) is 18.6 Å². The van der Waals surface area contributed by atoms with E-state index in [0.29, 0.717) is 29.2 Å². The monoisotopic (exact) mass is 639 g/mol. The highest BCUT2D eigenvalue weighted by atomic mass is 35.5. The van der Waals surface area contributed by atoms with Crippen LogP contribution >= 0.6 is 11.6 Å². The molecule has 0 saturated carbocycles. The van der Waals surface area contributed by atoms with Gasteiger partial charge in [0, 0.05) is 17.9 Å². The van der Waals surface area contributed by atoms with E-state index in [9.17, 15) is 14.4 Å². The first kappa shape index (κ1) is 32.8. The molecule has 1 aliphatic rings. The maximum Gasteiger partial charge on any atom is 0.338 e. The van der Waals surface area contributed by atoms with Crippen LogP contribution in [0.25, 0.3) is 11.1 Å². The van der Waals surface area contributed by atoms with Crippen LogP contribution < -0.4 is 10.1 Å². The van der Waals surface area contributed by atoms with Crippen molar-refractivity contribution in [3.63, 3.8) is 0 Å². The molecule has 4 aromatic rings. The number of hydrogen-bond acceptors (Lipinski definition) is 6. The van der Waals surface area contributed by atoms with Crippen LogP contribution in [-0.4, -0.2) is 35.6 Å². The number of hydrogen-bond donors (Lipinski definition) is 1. The Morgan fingerprint density at radius 2 is 1.52 bits per heavy atom. The maximum absolute atomic E-state index is 13.3. The molecule has 238 valence electrons. The van der Waals surface area contributed by atoms with Crippen LogP contribution in [0.15, 0.2) is 91.0 Å². The van der Waals surface area contributed by atoms with E-state index in [1.54, 1.807) is 37.3 Å². The van der Waals surface area contributed by atoms with Crippen molar-refractivity contribution in [1.29, 1.82) is 0 Å². The highest BCUT2D eigenvalue weighted by Gasteiger charge is 2.46. The van der Waals surface area contributed by atoms with Crippen molar-refractivity contribution < 1.29 is 28.6 Å². The quantitative estimate of drug-likeness (QED) is 0.183. The molecule has 1 unspecified atom stereocenters. The van der Waals surface area contributed by atoms with Crippen molar-refractivity contribution in [1.82, 2.24) is 5.32 Å². The Hall–Kier alpha value is -4.62. The summed E-state index contributed by atoms with van der Waals surface area (Å²) in [5.41, 5.74) is 4.35. The second-order valence-corrected chi connectivity index (χ2v) is 12.9. The largest absolute Gasteiger partial charge is 0.489 e. The average Bonchev–Trinajstić information content (AvgIpc) is 3.39. The second-order valence-electron chi connectivity index (χ2n) is 12.5. The Morgan fingerprint density at radius 3 is 2.22 bits per heavy atom. The molecular weight excluding hydrogens is 602 g/mol. The van der Waals surface area contributed by atoms with Gasteiger partial charge in [0.1, 0.15) is 23.5 Å². The van der Waals surface area contributed by atoms with E-state index in [0.717, 1.165) is 33.4 Å². The molecule has 0 bridgehead atoms. The highest BCUT2D eigenvalue weighted by molar-refractivity contribution is 6.30. The molecule has 7 nitrogen and oxygen atoms in total. The van der Waals surface area contributed by atoms with Crippen molar-refractivity contribution in [2.75, 3.05) is 6.61 Å². The van der Waals surface area contributed by atoms with E-state index in [2.05, 4.69) is 11.4 Å². The van der Waals surface area contributed by atoms with Gasteiger partial charge in [0.15, 0.2) is 0 Å². The molecule has 5 rings (SSSR count). The van der Waals surface area contributed by atoms with Crippen LogP contribution in [-0.2, 0) is 44.9 Å². The van der Waals surface area contributed by atoms with Crippen LogP contribution in [0.2, 0.25) is 5.02 Å². The lowest BCUT2D eigenvalue weighted by Crippen LogP contribution is -2.56. The number of rotatable bonds is 10. The fourth-order valence-corrected chi connectivity index (χ4v) is 5.67. The van der Waals surface area contributed by atoms with Gasteiger partial charge in [0.25, 0.3) is 0 Å². The van der Waals surface area contributed by atoms with Crippen LogP contribution in [0.5, 0.6) is 5.75 Å². The van der Waals surface area contributed by atoms with Gasteiger partial charge in [0.2, 0.25) is 5.91 Å². The smallest absolute Gasteiger partial charge is 0.338 e. The summed E-state index contributed by atoms with van der Waals surface area (Å²) in [5, 5.41) is 3.69. The third-order valence-electron chi connectivity index (χ3n) is 7.67. The lowest BCUT2D eigenvalue weighted by atomic mass is 9.95. The number of amides is 1. The number of fused-ring (bicyclic) bond motifs is 1. The minimum absolute atomic E-state index is 0.0890. The van der Waals surface area contributed by atoms with Crippen molar-refractivity contribution >= 4 is 29.4 Å². The average molecular weight is 640 g/mol. The summed E-state index contributed by atoms with van der Waals surface area (Å²) in [7, 11) is 0. The first-order chi connectivity index (χ1) is 21.9. The molecule has 0 aliphatic heterocycles. The molecule has 1 amide bonds. The minimum Gasteiger partial charge on any atom is -0.489 e. The Morgan fingerprint density at radius 1 is 0.826 bits per heavy atom. The lowest BCUT2D eigenvalue weighted by molar-refractivity contribution is -0.153. The summed E-state index contributed by atoms with van der Waals surface area (Å²) in [6, 6.07) is 28.1. The van der Waals surface area contributed by atoms with E-state index in [1.807, 2.05) is 75.4 Å². The summed E-state index contributed by atoms with van der Waals surface area (Å²) < 4.78 is 16.8. The summed E-state index contributed by atoms with van der Waals surface area (Å²) in [5.74, 6) is -0.470. The maximum atomic E-state index is 13.3. The van der Waals surface area contributed by atoms with E-state index >= 15 is 0 Å². The molecule has 8 heteroatoms. The van der Waals surface area contributed by atoms with E-state index < -0.39 is 17.1 Å². The normalized spacial score (nSPS) is 15.5. The zero-order valence-electron chi connectivity index (χ0n) is 26.5. The first-order valence-corrected chi connectivity index (χ1v) is 15.7. The molecule has 0 heterocycles. The predicted octanol–water partition coefficient (Wildman–Crippen LogP) is 7.30. The van der Waals surface area contributed by atoms with Gasteiger partial charge in [-0.25, -0.2) is 9.59 Å². The third-order valence-corrected chi connectivity index (χ3v) is 7.92. The Labute approximate surface area is 274 Å². The van der Waals surface area contributed by atoms with Gasteiger partial charge in [-0.2, -0.15) is 0 Å². The van der Waals surface area contributed by atoms with E-state index in [4.69, 9.17) is 25.8 Å². The number of halogens is 1. The summed E-state index contributed by atoms with van der Waals surface area (Å²) in [4.78, 5) is 39.0. The summed E-state index contributed by atoms with van der Waals surface area (Å²) in [6.07, 6.45) is 0.789. The molecule has 0 spiro atoms. The molecule has 0 fully saturated rings. The third kappa shape index (κ3) is 8.15. The molecule has 1 atom stereocenters. The van der Waals surface area contributed by atoms with Crippen LogP contribution in [0.1, 0.15) is 60.3 Å². The number of benzene rings is 4. The molecule has 0 aromatic heterocycles. The van der Waals surface area contributed by atoms with Crippen LogP contribution in [0.4, 0.5) is 0 Å². The van der Waals surface area contributed by atoms with E-state index in [1.165, 1.54) is 0 Å². The summed E-state index contributed by atoms with van der Waals surface area (Å²) in [6.45, 7) is 7.73.